The molecule has 0 saturated carbocycles. The van der Waals surface area contributed by atoms with Gasteiger partial charge in [-0.15, -0.1) is 16.6 Å². The summed E-state index contributed by atoms with van der Waals surface area (Å²) in [5.74, 6) is 1.10. The molecule has 0 spiro atoms. The van der Waals surface area contributed by atoms with Crippen molar-refractivity contribution in [2.45, 2.75) is 12.8 Å². The lowest BCUT2D eigenvalue weighted by Crippen LogP contribution is -2.08. The van der Waals surface area contributed by atoms with Crippen molar-refractivity contribution in [3.63, 3.8) is 0 Å². The van der Waals surface area contributed by atoms with E-state index in [2.05, 4.69) is 20.3 Å². The molecule has 0 aliphatic heterocycles. The summed E-state index contributed by atoms with van der Waals surface area (Å²) >= 11 is 5.57. The van der Waals surface area contributed by atoms with E-state index in [1.807, 2.05) is 0 Å². The smallest absolute Gasteiger partial charge is 0.324 e. The highest BCUT2D eigenvalue weighted by atomic mass is 35.5. The minimum atomic E-state index is 0.228. The van der Waals surface area contributed by atoms with Crippen LogP contribution in [0.2, 0.25) is 0 Å². The Kier molecular flexibility index (Phi) is 5.63. The SMILES string of the molecule is COc1nc(NCCCCCl)nc(OC)n1. The highest BCUT2D eigenvalue weighted by Crippen LogP contribution is 2.11. The molecule has 0 aliphatic carbocycles. The number of ether oxygens (including phenoxy) is 2. The van der Waals surface area contributed by atoms with Crippen molar-refractivity contribution >= 4 is 17.5 Å². The molecule has 0 saturated heterocycles. The van der Waals surface area contributed by atoms with Gasteiger partial charge >= 0.3 is 12.0 Å². The number of alkyl halides is 1. The van der Waals surface area contributed by atoms with Gasteiger partial charge in [-0.25, -0.2) is 0 Å². The monoisotopic (exact) mass is 246 g/mol. The van der Waals surface area contributed by atoms with Gasteiger partial charge in [-0.3, -0.25) is 0 Å². The fourth-order valence-corrected chi connectivity index (χ4v) is 1.21. The van der Waals surface area contributed by atoms with Crippen LogP contribution in [0, 0.1) is 0 Å². The van der Waals surface area contributed by atoms with Crippen molar-refractivity contribution in [2.75, 3.05) is 32.0 Å². The van der Waals surface area contributed by atoms with Gasteiger partial charge in [0.2, 0.25) is 5.95 Å². The Bertz CT molecular complexity index is 302. The molecule has 1 heterocycles. The molecule has 0 unspecified atom stereocenters. The van der Waals surface area contributed by atoms with E-state index in [0.717, 1.165) is 19.4 Å². The Morgan fingerprint density at radius 1 is 1.06 bits per heavy atom. The molecular weight excluding hydrogens is 232 g/mol. The molecule has 0 aliphatic rings. The molecule has 1 N–H and O–H groups in total. The van der Waals surface area contributed by atoms with Crippen LogP contribution < -0.4 is 14.8 Å². The summed E-state index contributed by atoms with van der Waals surface area (Å²) in [4.78, 5) is 11.9. The van der Waals surface area contributed by atoms with Crippen molar-refractivity contribution in [3.8, 4) is 12.0 Å². The van der Waals surface area contributed by atoms with E-state index in [4.69, 9.17) is 21.1 Å². The zero-order valence-corrected chi connectivity index (χ0v) is 10.1. The predicted molar refractivity (Wildman–Crippen MR) is 61.4 cm³/mol. The first-order valence-corrected chi connectivity index (χ1v) is 5.47. The van der Waals surface area contributed by atoms with E-state index in [-0.39, 0.29) is 12.0 Å². The van der Waals surface area contributed by atoms with Gasteiger partial charge in [0, 0.05) is 12.4 Å². The van der Waals surface area contributed by atoms with Gasteiger partial charge in [0.15, 0.2) is 0 Å². The number of hydrogen-bond acceptors (Lipinski definition) is 6. The summed E-state index contributed by atoms with van der Waals surface area (Å²) < 4.78 is 9.84. The summed E-state index contributed by atoms with van der Waals surface area (Å²) in [5.41, 5.74) is 0. The number of nitrogens with zero attached hydrogens (tertiary/aromatic N) is 3. The summed E-state index contributed by atoms with van der Waals surface area (Å²) in [5, 5.41) is 3.05. The van der Waals surface area contributed by atoms with Crippen molar-refractivity contribution in [2.24, 2.45) is 0 Å². The molecule has 1 aromatic heterocycles. The van der Waals surface area contributed by atoms with Crippen molar-refractivity contribution in [1.29, 1.82) is 0 Å². The third kappa shape index (κ3) is 4.06. The molecule has 16 heavy (non-hydrogen) atoms. The van der Waals surface area contributed by atoms with Gasteiger partial charge < -0.3 is 14.8 Å². The van der Waals surface area contributed by atoms with Crippen molar-refractivity contribution in [3.05, 3.63) is 0 Å². The number of aromatic nitrogens is 3. The summed E-state index contributed by atoms with van der Waals surface area (Å²) in [6, 6.07) is 0.457. The lowest BCUT2D eigenvalue weighted by Gasteiger charge is -2.06. The van der Waals surface area contributed by atoms with Gasteiger partial charge in [-0.2, -0.15) is 9.97 Å². The van der Waals surface area contributed by atoms with E-state index in [1.165, 1.54) is 14.2 Å². The first-order valence-electron chi connectivity index (χ1n) is 4.94. The van der Waals surface area contributed by atoms with Crippen LogP contribution in [0.4, 0.5) is 5.95 Å². The van der Waals surface area contributed by atoms with E-state index in [1.54, 1.807) is 0 Å². The summed E-state index contributed by atoms with van der Waals surface area (Å²) in [7, 11) is 2.98. The molecule has 0 fully saturated rings. The number of unbranched alkanes of at least 4 members (excludes halogenated alkanes) is 1. The van der Waals surface area contributed by atoms with E-state index in [0.29, 0.717) is 11.8 Å². The Morgan fingerprint density at radius 3 is 2.19 bits per heavy atom. The van der Waals surface area contributed by atoms with Gasteiger partial charge in [-0.05, 0) is 12.8 Å². The van der Waals surface area contributed by atoms with Gasteiger partial charge in [0.1, 0.15) is 0 Å². The molecule has 0 radical (unpaired) electrons. The second-order valence-corrected chi connectivity index (χ2v) is 3.33. The normalized spacial score (nSPS) is 9.94. The number of halogens is 1. The van der Waals surface area contributed by atoms with E-state index < -0.39 is 0 Å². The zero-order valence-electron chi connectivity index (χ0n) is 9.36. The fraction of sp³-hybridized carbons (Fsp3) is 0.667. The number of rotatable bonds is 7. The molecular formula is C9H15ClN4O2. The first kappa shape index (κ1) is 12.8. The minimum absolute atomic E-state index is 0.228. The Hall–Kier alpha value is -1.30. The molecule has 90 valence electrons. The van der Waals surface area contributed by atoms with Crippen LogP contribution in [0.25, 0.3) is 0 Å². The molecule has 0 atom stereocenters. The first-order chi connectivity index (χ1) is 7.80. The third-order valence-corrected chi connectivity index (χ3v) is 2.07. The average molecular weight is 247 g/mol. The molecule has 6 nitrogen and oxygen atoms in total. The van der Waals surface area contributed by atoms with Crippen LogP contribution >= 0.6 is 11.6 Å². The average Bonchev–Trinajstić information content (AvgIpc) is 2.34. The Balaban J connectivity index is 2.57. The topological polar surface area (TPSA) is 69.2 Å². The zero-order chi connectivity index (χ0) is 11.8. The standard InChI is InChI=1S/C9H15ClN4O2/c1-15-8-12-7(11-6-4-3-5-10)13-9(14-8)16-2/h3-6H2,1-2H3,(H,11,12,13,14). The van der Waals surface area contributed by atoms with E-state index >= 15 is 0 Å². The quantitative estimate of drug-likeness (QED) is 0.578. The predicted octanol–water partition coefficient (Wildman–Crippen LogP) is 1.32. The molecule has 1 rings (SSSR count). The van der Waals surface area contributed by atoms with Crippen LogP contribution in [0.1, 0.15) is 12.8 Å². The van der Waals surface area contributed by atoms with Crippen LogP contribution in [0.3, 0.4) is 0 Å². The Labute approximate surface area is 99.4 Å². The minimum Gasteiger partial charge on any atom is -0.467 e. The van der Waals surface area contributed by atoms with Crippen LogP contribution in [-0.2, 0) is 0 Å². The largest absolute Gasteiger partial charge is 0.467 e. The second-order valence-electron chi connectivity index (χ2n) is 2.96. The molecule has 0 bridgehead atoms. The lowest BCUT2D eigenvalue weighted by molar-refractivity contribution is 0.341. The number of nitrogens with one attached hydrogen (secondary N) is 1. The second kappa shape index (κ2) is 7.05. The van der Waals surface area contributed by atoms with Crippen molar-refractivity contribution < 1.29 is 9.47 Å². The maximum atomic E-state index is 5.57. The number of hydrogen-bond donors (Lipinski definition) is 1. The van der Waals surface area contributed by atoms with Crippen molar-refractivity contribution in [1.82, 2.24) is 15.0 Å². The highest BCUT2D eigenvalue weighted by Gasteiger charge is 2.05. The highest BCUT2D eigenvalue weighted by molar-refractivity contribution is 6.17. The van der Waals surface area contributed by atoms with Crippen LogP contribution in [-0.4, -0.2) is 41.6 Å². The maximum Gasteiger partial charge on any atom is 0.324 e. The molecule has 0 amide bonds. The third-order valence-electron chi connectivity index (χ3n) is 1.80. The van der Waals surface area contributed by atoms with Gasteiger partial charge in [-0.1, -0.05) is 0 Å². The molecule has 1 aromatic rings. The van der Waals surface area contributed by atoms with E-state index in [9.17, 15) is 0 Å². The van der Waals surface area contributed by atoms with Crippen LogP contribution in [0.5, 0.6) is 12.0 Å². The van der Waals surface area contributed by atoms with Crippen LogP contribution in [0.15, 0.2) is 0 Å². The summed E-state index contributed by atoms with van der Waals surface area (Å²) in [6.07, 6.45) is 1.91. The maximum absolute atomic E-state index is 5.57. The number of methoxy groups -OCH3 is 2. The molecule has 7 heteroatoms. The molecule has 0 aromatic carbocycles. The lowest BCUT2D eigenvalue weighted by atomic mass is 10.3. The number of anilines is 1. The van der Waals surface area contributed by atoms with Gasteiger partial charge in [0.25, 0.3) is 0 Å². The summed E-state index contributed by atoms with van der Waals surface area (Å²) in [6.45, 7) is 0.753. The van der Waals surface area contributed by atoms with Gasteiger partial charge in [0.05, 0.1) is 14.2 Å². The Morgan fingerprint density at radius 2 is 1.69 bits per heavy atom. The fourth-order valence-electron chi connectivity index (χ4n) is 1.02.